The number of hydrogen-bond acceptors (Lipinski definition) is 5. The molecule has 2 rings (SSSR count). The van der Waals surface area contributed by atoms with Crippen molar-refractivity contribution in [3.8, 4) is 0 Å². The zero-order valence-electron chi connectivity index (χ0n) is 16.1. The molecule has 0 aliphatic carbocycles. The molecule has 1 unspecified atom stereocenters. The highest BCUT2D eigenvalue weighted by atomic mass is 35.5. The lowest BCUT2D eigenvalue weighted by Gasteiger charge is -2.18. The van der Waals surface area contributed by atoms with Crippen LogP contribution in [0.15, 0.2) is 48.5 Å². The van der Waals surface area contributed by atoms with Gasteiger partial charge in [0.25, 0.3) is 0 Å². The number of carbonyl (C=O) groups is 2. The number of rotatable bonds is 8. The van der Waals surface area contributed by atoms with Crippen LogP contribution in [0.1, 0.15) is 17.5 Å². The second-order valence-electron chi connectivity index (χ2n) is 6.65. The van der Waals surface area contributed by atoms with Gasteiger partial charge in [0, 0.05) is 6.26 Å². The zero-order chi connectivity index (χ0) is 21.4. The first-order valence-corrected chi connectivity index (χ1v) is 11.3. The van der Waals surface area contributed by atoms with Gasteiger partial charge in [-0.15, -0.1) is 0 Å². The van der Waals surface area contributed by atoms with Gasteiger partial charge in [-0.2, -0.15) is 0 Å². The Bertz CT molecular complexity index is 964. The van der Waals surface area contributed by atoms with Gasteiger partial charge in [0.05, 0.1) is 16.5 Å². The summed E-state index contributed by atoms with van der Waals surface area (Å²) in [6, 6.07) is 13.0. The molecular formula is C20H23ClN2O5S. The minimum absolute atomic E-state index is 0.0247. The lowest BCUT2D eigenvalue weighted by Crippen LogP contribution is -2.45. The smallest absolute Gasteiger partial charge is 0.408 e. The van der Waals surface area contributed by atoms with Crippen molar-refractivity contribution in [3.05, 3.63) is 64.7 Å². The molecule has 2 aromatic carbocycles. The molecule has 0 saturated heterocycles. The quantitative estimate of drug-likeness (QED) is 0.658. The minimum Gasteiger partial charge on any atom is -0.445 e. The molecule has 0 heterocycles. The molecule has 0 bridgehead atoms. The van der Waals surface area contributed by atoms with Crippen LogP contribution in [0, 0.1) is 6.92 Å². The number of hydrogen-bond donors (Lipinski definition) is 2. The number of halogens is 1. The Hall–Kier alpha value is -2.58. The minimum atomic E-state index is -3.33. The van der Waals surface area contributed by atoms with E-state index in [1.54, 1.807) is 30.3 Å². The van der Waals surface area contributed by atoms with E-state index in [0.717, 1.165) is 17.4 Å². The van der Waals surface area contributed by atoms with Crippen LogP contribution in [-0.4, -0.2) is 38.5 Å². The summed E-state index contributed by atoms with van der Waals surface area (Å²) in [5.41, 5.74) is 2.07. The van der Waals surface area contributed by atoms with Crippen molar-refractivity contribution in [1.82, 2.24) is 5.32 Å². The van der Waals surface area contributed by atoms with Crippen LogP contribution in [0.4, 0.5) is 10.5 Å². The lowest BCUT2D eigenvalue weighted by molar-refractivity contribution is -0.118. The second-order valence-corrected chi connectivity index (χ2v) is 9.32. The van der Waals surface area contributed by atoms with Crippen LogP contribution < -0.4 is 10.6 Å². The molecule has 0 spiro atoms. The summed E-state index contributed by atoms with van der Waals surface area (Å²) in [6.07, 6.45) is 0.138. The van der Waals surface area contributed by atoms with Crippen LogP contribution in [-0.2, 0) is 26.0 Å². The Kier molecular flexibility index (Phi) is 8.04. The van der Waals surface area contributed by atoms with E-state index in [2.05, 4.69) is 10.6 Å². The van der Waals surface area contributed by atoms with Gasteiger partial charge in [0.2, 0.25) is 5.91 Å². The van der Waals surface area contributed by atoms with Crippen molar-refractivity contribution < 1.29 is 22.7 Å². The monoisotopic (exact) mass is 438 g/mol. The summed E-state index contributed by atoms with van der Waals surface area (Å²) in [4.78, 5) is 24.8. The summed E-state index contributed by atoms with van der Waals surface area (Å²) < 4.78 is 28.1. The first-order chi connectivity index (χ1) is 13.6. The summed E-state index contributed by atoms with van der Waals surface area (Å²) in [5.74, 6) is -0.859. The topological polar surface area (TPSA) is 102 Å². The molecule has 0 radical (unpaired) electrons. The third-order valence-corrected chi connectivity index (χ3v) is 5.27. The molecule has 9 heteroatoms. The maximum absolute atomic E-state index is 12.6. The molecule has 2 N–H and O–H groups in total. The zero-order valence-corrected chi connectivity index (χ0v) is 17.7. The number of alkyl carbamates (subject to hydrolysis) is 1. The SMILES string of the molecule is Cc1ccc(NC(=O)C(CCS(C)(=O)=O)NC(=O)OCc2ccccc2)c(Cl)c1. The average molecular weight is 439 g/mol. The highest BCUT2D eigenvalue weighted by Crippen LogP contribution is 2.23. The molecule has 29 heavy (non-hydrogen) atoms. The van der Waals surface area contributed by atoms with Gasteiger partial charge in [-0.1, -0.05) is 48.0 Å². The molecule has 2 amide bonds. The van der Waals surface area contributed by atoms with Crippen molar-refractivity contribution in [2.24, 2.45) is 0 Å². The third-order valence-electron chi connectivity index (χ3n) is 3.98. The van der Waals surface area contributed by atoms with E-state index in [1.165, 1.54) is 0 Å². The van der Waals surface area contributed by atoms with Gasteiger partial charge in [-0.05, 0) is 36.6 Å². The van der Waals surface area contributed by atoms with Gasteiger partial charge in [0.1, 0.15) is 22.5 Å². The molecule has 0 saturated carbocycles. The van der Waals surface area contributed by atoms with Crippen molar-refractivity contribution >= 4 is 39.1 Å². The first-order valence-electron chi connectivity index (χ1n) is 8.86. The molecule has 0 aromatic heterocycles. The van der Waals surface area contributed by atoms with Crippen LogP contribution >= 0.6 is 11.6 Å². The molecule has 156 valence electrons. The Morgan fingerprint density at radius 1 is 1.14 bits per heavy atom. The molecule has 2 aromatic rings. The van der Waals surface area contributed by atoms with Crippen LogP contribution in [0.5, 0.6) is 0 Å². The maximum Gasteiger partial charge on any atom is 0.408 e. The second kappa shape index (κ2) is 10.3. The molecular weight excluding hydrogens is 416 g/mol. The van der Waals surface area contributed by atoms with E-state index in [1.807, 2.05) is 25.1 Å². The van der Waals surface area contributed by atoms with Crippen molar-refractivity contribution in [2.45, 2.75) is 26.0 Å². The number of anilines is 1. The number of carbonyl (C=O) groups excluding carboxylic acids is 2. The summed E-state index contributed by atoms with van der Waals surface area (Å²) in [6.45, 7) is 1.88. The molecule has 7 nitrogen and oxygen atoms in total. The van der Waals surface area contributed by atoms with Gasteiger partial charge >= 0.3 is 6.09 Å². The normalized spacial score (nSPS) is 12.1. The van der Waals surface area contributed by atoms with Crippen LogP contribution in [0.25, 0.3) is 0 Å². The number of ether oxygens (including phenoxy) is 1. The molecule has 0 aliphatic rings. The predicted octanol–water partition coefficient (Wildman–Crippen LogP) is 3.32. The Balaban J connectivity index is 2.04. The van der Waals surface area contributed by atoms with Crippen LogP contribution in [0.3, 0.4) is 0 Å². The number of sulfone groups is 1. The van der Waals surface area contributed by atoms with E-state index in [9.17, 15) is 18.0 Å². The maximum atomic E-state index is 12.6. The fourth-order valence-electron chi connectivity index (χ4n) is 2.45. The standard InChI is InChI=1S/C20H23ClN2O5S/c1-14-8-9-17(16(21)12-14)22-19(24)18(10-11-29(2,26)27)23-20(25)28-13-15-6-4-3-5-7-15/h3-9,12,18H,10-11,13H2,1-2H3,(H,22,24)(H,23,25). The van der Waals surface area contributed by atoms with E-state index in [4.69, 9.17) is 16.3 Å². The number of aryl methyl sites for hydroxylation is 1. The van der Waals surface area contributed by atoms with E-state index < -0.39 is 27.9 Å². The average Bonchev–Trinajstić information content (AvgIpc) is 2.65. The van der Waals surface area contributed by atoms with E-state index in [-0.39, 0.29) is 18.8 Å². The van der Waals surface area contributed by atoms with Crippen LogP contribution in [0.2, 0.25) is 5.02 Å². The number of benzene rings is 2. The fourth-order valence-corrected chi connectivity index (χ4v) is 3.40. The summed E-state index contributed by atoms with van der Waals surface area (Å²) >= 11 is 6.13. The third kappa shape index (κ3) is 8.13. The predicted molar refractivity (Wildman–Crippen MR) is 113 cm³/mol. The number of nitrogens with one attached hydrogen (secondary N) is 2. The van der Waals surface area contributed by atoms with Gasteiger partial charge in [-0.25, -0.2) is 13.2 Å². The largest absolute Gasteiger partial charge is 0.445 e. The summed E-state index contributed by atoms with van der Waals surface area (Å²) in [5, 5.41) is 5.39. The highest BCUT2D eigenvalue weighted by molar-refractivity contribution is 7.90. The van der Waals surface area contributed by atoms with Crippen molar-refractivity contribution in [1.29, 1.82) is 0 Å². The van der Waals surface area contributed by atoms with Gasteiger partial charge in [0.15, 0.2) is 0 Å². The fraction of sp³-hybridized carbons (Fsp3) is 0.300. The molecule has 0 fully saturated rings. The lowest BCUT2D eigenvalue weighted by atomic mass is 10.2. The van der Waals surface area contributed by atoms with Gasteiger partial charge < -0.3 is 15.4 Å². The van der Waals surface area contributed by atoms with Crippen molar-refractivity contribution in [2.75, 3.05) is 17.3 Å². The van der Waals surface area contributed by atoms with E-state index >= 15 is 0 Å². The van der Waals surface area contributed by atoms with Gasteiger partial charge in [-0.3, -0.25) is 4.79 Å². The molecule has 0 aliphatic heterocycles. The first kappa shape index (κ1) is 22.7. The van der Waals surface area contributed by atoms with Crippen molar-refractivity contribution in [3.63, 3.8) is 0 Å². The van der Waals surface area contributed by atoms with E-state index in [0.29, 0.717) is 10.7 Å². The number of amides is 2. The summed E-state index contributed by atoms with van der Waals surface area (Å²) in [7, 11) is -3.33. The Morgan fingerprint density at radius 2 is 1.83 bits per heavy atom. The highest BCUT2D eigenvalue weighted by Gasteiger charge is 2.24. The molecule has 1 atom stereocenters. The Labute approximate surface area is 175 Å². The Morgan fingerprint density at radius 3 is 2.45 bits per heavy atom.